The highest BCUT2D eigenvalue weighted by atomic mass is 31.2. The Hall–Kier alpha value is -3.58. The second-order valence-corrected chi connectivity index (χ2v) is 13.6. The zero-order chi connectivity index (χ0) is 33.3. The number of aliphatic hydroxyl groups is 1. The molecule has 252 valence electrons. The summed E-state index contributed by atoms with van der Waals surface area (Å²) in [4.78, 5) is 54.5. The molecular weight excluding hydrogens is 615 g/mol. The lowest BCUT2D eigenvalue weighted by atomic mass is 10.2. The van der Waals surface area contributed by atoms with Crippen LogP contribution in [0.1, 0.15) is 63.9 Å². The molecule has 0 aliphatic carbocycles. The van der Waals surface area contributed by atoms with Crippen molar-refractivity contribution in [2.45, 2.75) is 64.9 Å². The van der Waals surface area contributed by atoms with E-state index in [1.807, 2.05) is 25.1 Å². The molecule has 0 bridgehead atoms. The van der Waals surface area contributed by atoms with Gasteiger partial charge < -0.3 is 38.9 Å². The number of amides is 3. The van der Waals surface area contributed by atoms with Gasteiger partial charge in [0, 0.05) is 44.4 Å². The zero-order valence-electron chi connectivity index (χ0n) is 27.0. The number of anilines is 1. The van der Waals surface area contributed by atoms with Gasteiger partial charge in [-0.3, -0.25) is 14.2 Å². The van der Waals surface area contributed by atoms with Gasteiger partial charge in [0.15, 0.2) is 5.82 Å². The molecule has 3 amide bonds. The van der Waals surface area contributed by atoms with Crippen molar-refractivity contribution in [1.29, 1.82) is 0 Å². The van der Waals surface area contributed by atoms with E-state index in [4.69, 9.17) is 13.8 Å². The lowest BCUT2D eigenvalue weighted by molar-refractivity contribution is -0.136. The van der Waals surface area contributed by atoms with Crippen LogP contribution in [-0.4, -0.2) is 107 Å². The van der Waals surface area contributed by atoms with Gasteiger partial charge in [-0.25, -0.2) is 14.8 Å². The summed E-state index contributed by atoms with van der Waals surface area (Å²) in [7, 11) is -4.33. The van der Waals surface area contributed by atoms with Crippen LogP contribution >= 0.6 is 7.60 Å². The molecule has 0 radical (unpaired) electrons. The molecule has 1 aromatic heterocycles. The van der Waals surface area contributed by atoms with Crippen LogP contribution in [0.25, 0.3) is 11.4 Å². The standard InChI is InChI=1S/C31H45N6O8P/c1-5-8-21-43-30(41)36-19-17-35(18-20-36)29(40)31(4,46(42,44-6-2)45-7-3)34-28(39)24-22-25(37-16-12-15-26(37)38)33-27(32-24)23-13-10-9-11-14-23/h9-11,13-14,22,26,38H,5-8,12,15-21H2,1-4H3,(H,34,39)/t26-,31-/m0/s1. The highest BCUT2D eigenvalue weighted by Crippen LogP contribution is 2.59. The number of carbonyl (C=O) groups excluding carboxylic acids is 3. The first-order valence-corrected chi connectivity index (χ1v) is 17.4. The molecule has 2 atom stereocenters. The van der Waals surface area contributed by atoms with Crippen LogP contribution in [0.5, 0.6) is 0 Å². The molecular formula is C31H45N6O8P. The predicted octanol–water partition coefficient (Wildman–Crippen LogP) is 3.86. The van der Waals surface area contributed by atoms with Crippen LogP contribution in [0.4, 0.5) is 10.6 Å². The Labute approximate surface area is 269 Å². The predicted molar refractivity (Wildman–Crippen MR) is 171 cm³/mol. The smallest absolute Gasteiger partial charge is 0.409 e. The summed E-state index contributed by atoms with van der Waals surface area (Å²) in [5.41, 5.74) is 0.549. The van der Waals surface area contributed by atoms with Crippen LogP contribution < -0.4 is 10.2 Å². The topological polar surface area (TPSA) is 164 Å². The van der Waals surface area contributed by atoms with Gasteiger partial charge in [-0.1, -0.05) is 43.7 Å². The molecule has 2 aromatic rings. The number of unbranched alkanes of at least 4 members (excludes halogenated alkanes) is 1. The highest BCUT2D eigenvalue weighted by molar-refractivity contribution is 7.56. The summed E-state index contributed by atoms with van der Waals surface area (Å²) >= 11 is 0. The van der Waals surface area contributed by atoms with Crippen molar-refractivity contribution in [2.75, 3.05) is 57.4 Å². The average Bonchev–Trinajstić information content (AvgIpc) is 3.50. The van der Waals surface area contributed by atoms with Gasteiger partial charge in [0.25, 0.3) is 11.8 Å². The Morgan fingerprint density at radius 3 is 2.24 bits per heavy atom. The Balaban J connectivity index is 1.65. The molecule has 2 fully saturated rings. The first kappa shape index (κ1) is 35.3. The number of rotatable bonds is 13. The van der Waals surface area contributed by atoms with Crippen molar-refractivity contribution < 1.29 is 37.8 Å². The Morgan fingerprint density at radius 1 is 1.00 bits per heavy atom. The molecule has 0 spiro atoms. The van der Waals surface area contributed by atoms with Crippen LogP contribution in [0.15, 0.2) is 36.4 Å². The minimum atomic E-state index is -4.33. The molecule has 2 aliphatic rings. The molecule has 46 heavy (non-hydrogen) atoms. The lowest BCUT2D eigenvalue weighted by Crippen LogP contribution is -2.61. The number of carbonyl (C=O) groups is 3. The van der Waals surface area contributed by atoms with Gasteiger partial charge >= 0.3 is 13.7 Å². The second-order valence-electron chi connectivity index (χ2n) is 11.2. The van der Waals surface area contributed by atoms with E-state index in [1.165, 1.54) is 22.8 Å². The largest absolute Gasteiger partial charge is 0.449 e. The molecule has 2 N–H and O–H groups in total. The fourth-order valence-corrected chi connectivity index (χ4v) is 7.27. The number of nitrogens with one attached hydrogen (secondary N) is 1. The van der Waals surface area contributed by atoms with Crippen molar-refractivity contribution in [3.63, 3.8) is 0 Å². The Kier molecular flexibility index (Phi) is 12.1. The monoisotopic (exact) mass is 660 g/mol. The Bertz CT molecular complexity index is 1400. The van der Waals surface area contributed by atoms with E-state index in [0.29, 0.717) is 31.0 Å². The van der Waals surface area contributed by atoms with Crippen molar-refractivity contribution in [2.24, 2.45) is 0 Å². The molecule has 3 heterocycles. The SMILES string of the molecule is CCCCOC(=O)N1CCN(C(=O)[C@@](C)(NC(=O)c2cc(N3CCC[C@@H]3O)nc(-c3ccccc3)n2)P(=O)(OCC)OCC)CC1. The summed E-state index contributed by atoms with van der Waals surface area (Å²) in [5.74, 6) is -0.896. The van der Waals surface area contributed by atoms with E-state index in [1.54, 1.807) is 30.9 Å². The maximum atomic E-state index is 14.3. The first-order valence-electron chi connectivity index (χ1n) is 15.9. The van der Waals surface area contributed by atoms with Crippen molar-refractivity contribution in [3.8, 4) is 11.4 Å². The molecule has 0 unspecified atom stereocenters. The number of aliphatic hydroxyl groups excluding tert-OH is 1. The normalized spacial score (nSPS) is 18.3. The fourth-order valence-electron chi connectivity index (χ4n) is 5.39. The zero-order valence-corrected chi connectivity index (χ0v) is 27.9. The summed E-state index contributed by atoms with van der Waals surface area (Å²) in [6, 6.07) is 10.5. The van der Waals surface area contributed by atoms with Gasteiger partial charge in [0.2, 0.25) is 5.28 Å². The minimum absolute atomic E-state index is 0.0456. The molecule has 15 heteroatoms. The number of aromatic nitrogens is 2. The Morgan fingerprint density at radius 2 is 1.65 bits per heavy atom. The van der Waals surface area contributed by atoms with Crippen LogP contribution in [0, 0.1) is 0 Å². The number of hydrogen-bond donors (Lipinski definition) is 2. The third kappa shape index (κ3) is 7.86. The maximum Gasteiger partial charge on any atom is 0.409 e. The second kappa shape index (κ2) is 15.8. The molecule has 4 rings (SSSR count). The van der Waals surface area contributed by atoms with Crippen molar-refractivity contribution in [1.82, 2.24) is 25.1 Å². The number of hydrogen-bond acceptors (Lipinski definition) is 11. The minimum Gasteiger partial charge on any atom is -0.449 e. The summed E-state index contributed by atoms with van der Waals surface area (Å²) in [5, 5.41) is 11.1. The van der Waals surface area contributed by atoms with Crippen LogP contribution in [0.3, 0.4) is 0 Å². The van der Waals surface area contributed by atoms with Gasteiger partial charge in [-0.05, 0) is 40.0 Å². The molecule has 1 aromatic carbocycles. The quantitative estimate of drug-likeness (QED) is 0.237. The third-order valence-corrected chi connectivity index (χ3v) is 10.6. The molecule has 0 saturated carbocycles. The van der Waals surface area contributed by atoms with E-state index in [0.717, 1.165) is 19.3 Å². The highest BCUT2D eigenvalue weighted by Gasteiger charge is 2.56. The third-order valence-electron chi connectivity index (χ3n) is 7.96. The van der Waals surface area contributed by atoms with E-state index < -0.39 is 37.0 Å². The van der Waals surface area contributed by atoms with E-state index in [-0.39, 0.29) is 50.9 Å². The fraction of sp³-hybridized carbons (Fsp3) is 0.581. The van der Waals surface area contributed by atoms with Crippen LogP contribution in [-0.2, 0) is 23.1 Å². The van der Waals surface area contributed by atoms with Crippen LogP contribution in [0.2, 0.25) is 0 Å². The molecule has 2 saturated heterocycles. The number of nitrogens with zero attached hydrogens (tertiary/aromatic N) is 5. The summed E-state index contributed by atoms with van der Waals surface area (Å²) < 4.78 is 30.9. The first-order chi connectivity index (χ1) is 22.1. The molecule has 2 aliphatic heterocycles. The number of ether oxygens (including phenoxy) is 1. The summed E-state index contributed by atoms with van der Waals surface area (Å²) in [6.45, 7) is 7.95. The van der Waals surface area contributed by atoms with E-state index in [2.05, 4.69) is 15.3 Å². The van der Waals surface area contributed by atoms with E-state index >= 15 is 0 Å². The van der Waals surface area contributed by atoms with E-state index in [9.17, 15) is 24.1 Å². The summed E-state index contributed by atoms with van der Waals surface area (Å²) in [6.07, 6.45) is 1.71. The number of benzene rings is 1. The van der Waals surface area contributed by atoms with Crippen molar-refractivity contribution >= 4 is 31.3 Å². The molecule has 14 nitrogen and oxygen atoms in total. The maximum absolute atomic E-state index is 14.3. The number of piperazine rings is 1. The van der Waals surface area contributed by atoms with Crippen molar-refractivity contribution in [3.05, 3.63) is 42.1 Å². The van der Waals surface area contributed by atoms with Gasteiger partial charge in [0.1, 0.15) is 17.7 Å². The van der Waals surface area contributed by atoms with Gasteiger partial charge in [-0.2, -0.15) is 0 Å². The van der Waals surface area contributed by atoms with Gasteiger partial charge in [0.05, 0.1) is 19.8 Å². The van der Waals surface area contributed by atoms with Gasteiger partial charge in [-0.15, -0.1) is 0 Å². The average molecular weight is 661 g/mol. The lowest BCUT2D eigenvalue weighted by Gasteiger charge is -2.41.